The van der Waals surface area contributed by atoms with Crippen molar-refractivity contribution in [2.24, 2.45) is 0 Å². The number of rotatable bonds is 1. The zero-order valence-corrected chi connectivity index (χ0v) is 8.14. The molecule has 0 spiro atoms. The lowest BCUT2D eigenvalue weighted by molar-refractivity contribution is -0.897. The quantitative estimate of drug-likeness (QED) is 0.356. The van der Waals surface area contributed by atoms with Gasteiger partial charge in [-0.1, -0.05) is 0 Å². The summed E-state index contributed by atoms with van der Waals surface area (Å²) < 4.78 is 4.93. The molecule has 13 heavy (non-hydrogen) atoms. The van der Waals surface area contributed by atoms with Gasteiger partial charge in [0.1, 0.15) is 12.1 Å². The van der Waals surface area contributed by atoms with Gasteiger partial charge in [0.2, 0.25) is 0 Å². The van der Waals surface area contributed by atoms with Gasteiger partial charge in [-0.15, -0.1) is 0 Å². The maximum absolute atomic E-state index is 9.68. The monoisotopic (exact) mass is 192 g/mol. The zero-order valence-electron chi connectivity index (χ0n) is 8.14. The van der Waals surface area contributed by atoms with E-state index < -0.39 is 30.6 Å². The van der Waals surface area contributed by atoms with Crippen molar-refractivity contribution < 1.29 is 25.0 Å². The molecule has 1 unspecified atom stereocenters. The molecule has 0 amide bonds. The lowest BCUT2D eigenvalue weighted by Crippen LogP contribution is -3.14. The van der Waals surface area contributed by atoms with E-state index in [1.165, 1.54) is 0 Å². The van der Waals surface area contributed by atoms with Crippen LogP contribution in [0.3, 0.4) is 0 Å². The molecule has 5 atom stereocenters. The number of aliphatic hydroxyl groups excluding tert-OH is 3. The van der Waals surface area contributed by atoms with Gasteiger partial charge in [0.25, 0.3) is 0 Å². The molecule has 1 fully saturated rings. The van der Waals surface area contributed by atoms with Crippen molar-refractivity contribution >= 4 is 0 Å². The molecule has 0 saturated carbocycles. The Kier molecular flexibility index (Phi) is 3.26. The molecule has 5 heteroatoms. The molecule has 1 aliphatic heterocycles. The number of aliphatic hydroxyl groups is 3. The topological polar surface area (TPSA) is 74.4 Å². The van der Waals surface area contributed by atoms with E-state index in [-0.39, 0.29) is 0 Å². The Morgan fingerprint density at radius 3 is 2.08 bits per heavy atom. The van der Waals surface area contributed by atoms with Crippen molar-refractivity contribution in [1.29, 1.82) is 0 Å². The molecule has 0 aromatic carbocycles. The molecular weight excluding hydrogens is 174 g/mol. The van der Waals surface area contributed by atoms with Gasteiger partial charge in [-0.25, -0.2) is 0 Å². The van der Waals surface area contributed by atoms with Gasteiger partial charge in [-0.3, -0.25) is 0 Å². The minimum absolute atomic E-state index is 0.404. The van der Waals surface area contributed by atoms with Gasteiger partial charge in [0.05, 0.1) is 20.2 Å². The third kappa shape index (κ3) is 2.00. The Bertz CT molecular complexity index is 162. The van der Waals surface area contributed by atoms with Crippen molar-refractivity contribution in [2.45, 2.75) is 37.6 Å². The van der Waals surface area contributed by atoms with Crippen LogP contribution >= 0.6 is 0 Å². The first-order chi connectivity index (χ1) is 5.95. The Morgan fingerprint density at radius 1 is 1.08 bits per heavy atom. The molecule has 1 aliphatic rings. The van der Waals surface area contributed by atoms with Crippen LogP contribution in [-0.4, -0.2) is 60.1 Å². The van der Waals surface area contributed by atoms with Crippen molar-refractivity contribution in [3.8, 4) is 0 Å². The normalized spacial score (nSPS) is 46.8. The van der Waals surface area contributed by atoms with Crippen LogP contribution < -0.4 is 4.90 Å². The van der Waals surface area contributed by atoms with Gasteiger partial charge >= 0.3 is 0 Å². The predicted molar refractivity (Wildman–Crippen MR) is 45.2 cm³/mol. The van der Waals surface area contributed by atoms with Crippen molar-refractivity contribution in [3.05, 3.63) is 0 Å². The fourth-order valence-corrected chi connectivity index (χ4v) is 1.74. The molecule has 0 aromatic rings. The lowest BCUT2D eigenvalue weighted by Gasteiger charge is -2.40. The predicted octanol–water partition coefficient (Wildman–Crippen LogP) is -3.04. The molecule has 0 aromatic heterocycles. The smallest absolute Gasteiger partial charge is 0.187 e. The molecule has 78 valence electrons. The largest absolute Gasteiger partial charge is 0.384 e. The minimum atomic E-state index is -1.20. The second kappa shape index (κ2) is 3.89. The Hall–Kier alpha value is -0.200. The van der Waals surface area contributed by atoms with Gasteiger partial charge in [0, 0.05) is 0 Å². The maximum atomic E-state index is 9.68. The standard InChI is InChI=1S/C8H17NO4/c1-4-6(10)5(9(2)3)7(11)8(12)13-4/h4-8,10-12H,1-3H3/p+1/t4-,5+,6+,7-,8?/m1/s1. The van der Waals surface area contributed by atoms with Crippen LogP contribution in [0.25, 0.3) is 0 Å². The maximum Gasteiger partial charge on any atom is 0.187 e. The Balaban J connectivity index is 2.76. The number of quaternary nitrogens is 1. The van der Waals surface area contributed by atoms with E-state index in [2.05, 4.69) is 0 Å². The van der Waals surface area contributed by atoms with E-state index in [0.717, 1.165) is 4.90 Å². The summed E-state index contributed by atoms with van der Waals surface area (Å²) in [6.07, 6.45) is -3.42. The van der Waals surface area contributed by atoms with Gasteiger partial charge in [-0.05, 0) is 6.92 Å². The number of ether oxygens (including phenoxy) is 1. The van der Waals surface area contributed by atoms with Crippen LogP contribution in [0.2, 0.25) is 0 Å². The van der Waals surface area contributed by atoms with Gasteiger partial charge in [-0.2, -0.15) is 0 Å². The summed E-state index contributed by atoms with van der Waals surface area (Å²) in [5.41, 5.74) is 0. The first kappa shape index (κ1) is 10.9. The number of hydrogen-bond acceptors (Lipinski definition) is 4. The van der Waals surface area contributed by atoms with Crippen molar-refractivity contribution in [1.82, 2.24) is 0 Å². The molecular formula is C8H18NO4+. The number of likely N-dealkylation sites (N-methyl/N-ethyl adjacent to an activating group) is 1. The Morgan fingerprint density at radius 2 is 1.62 bits per heavy atom. The summed E-state index contributed by atoms with van der Waals surface area (Å²) in [6, 6.07) is -0.404. The highest BCUT2D eigenvalue weighted by molar-refractivity contribution is 4.86. The van der Waals surface area contributed by atoms with Crippen molar-refractivity contribution in [2.75, 3.05) is 14.1 Å². The van der Waals surface area contributed by atoms with Crippen molar-refractivity contribution in [3.63, 3.8) is 0 Å². The van der Waals surface area contributed by atoms with E-state index in [9.17, 15) is 15.3 Å². The molecule has 1 rings (SSSR count). The number of nitrogens with one attached hydrogen (secondary N) is 1. The van der Waals surface area contributed by atoms with E-state index in [0.29, 0.717) is 0 Å². The van der Waals surface area contributed by atoms with Crippen LogP contribution in [0.1, 0.15) is 6.92 Å². The van der Waals surface area contributed by atoms with E-state index >= 15 is 0 Å². The minimum Gasteiger partial charge on any atom is -0.384 e. The van der Waals surface area contributed by atoms with E-state index in [1.807, 2.05) is 14.1 Å². The molecule has 0 bridgehead atoms. The summed E-state index contributed by atoms with van der Waals surface area (Å²) in [5.74, 6) is 0. The molecule has 1 heterocycles. The average molecular weight is 192 g/mol. The van der Waals surface area contributed by atoms with Crippen LogP contribution in [0, 0.1) is 0 Å². The van der Waals surface area contributed by atoms with Crippen LogP contribution in [0.15, 0.2) is 0 Å². The van der Waals surface area contributed by atoms with E-state index in [4.69, 9.17) is 4.74 Å². The highest BCUT2D eigenvalue weighted by atomic mass is 16.6. The summed E-state index contributed by atoms with van der Waals surface area (Å²) in [6.45, 7) is 1.68. The fraction of sp³-hybridized carbons (Fsp3) is 1.00. The molecule has 0 aliphatic carbocycles. The first-order valence-electron chi connectivity index (χ1n) is 4.45. The van der Waals surface area contributed by atoms with Crippen LogP contribution in [-0.2, 0) is 4.74 Å². The average Bonchev–Trinajstić information content (AvgIpc) is 2.01. The second-order valence-corrected chi connectivity index (χ2v) is 3.82. The highest BCUT2D eigenvalue weighted by Crippen LogP contribution is 2.17. The second-order valence-electron chi connectivity index (χ2n) is 3.82. The van der Waals surface area contributed by atoms with Crippen LogP contribution in [0.4, 0.5) is 0 Å². The molecule has 5 nitrogen and oxygen atoms in total. The molecule has 0 radical (unpaired) electrons. The lowest BCUT2D eigenvalue weighted by atomic mass is 9.96. The van der Waals surface area contributed by atoms with Crippen LogP contribution in [0.5, 0.6) is 0 Å². The molecule has 4 N–H and O–H groups in total. The third-order valence-corrected chi connectivity index (χ3v) is 2.53. The summed E-state index contributed by atoms with van der Waals surface area (Å²) in [4.78, 5) is 0.897. The summed E-state index contributed by atoms with van der Waals surface area (Å²) in [5, 5.41) is 28.5. The fourth-order valence-electron chi connectivity index (χ4n) is 1.74. The summed E-state index contributed by atoms with van der Waals surface area (Å²) >= 11 is 0. The zero-order chi connectivity index (χ0) is 10.2. The van der Waals surface area contributed by atoms with E-state index in [1.54, 1.807) is 6.92 Å². The molecule has 1 saturated heterocycles. The Labute approximate surface area is 77.5 Å². The first-order valence-corrected chi connectivity index (χ1v) is 4.45. The highest BCUT2D eigenvalue weighted by Gasteiger charge is 2.45. The third-order valence-electron chi connectivity index (χ3n) is 2.53. The van der Waals surface area contributed by atoms with Gasteiger partial charge < -0.3 is 25.0 Å². The summed E-state index contributed by atoms with van der Waals surface area (Å²) in [7, 11) is 3.64. The SMILES string of the molecule is C[C@H]1OC(O)[C@H](O)[C@@H]([NH+](C)C)[C@H]1O. The number of hydrogen-bond donors (Lipinski definition) is 4. The van der Waals surface area contributed by atoms with Gasteiger partial charge in [0.15, 0.2) is 12.4 Å².